The number of aromatic amines is 1. The Labute approximate surface area is 118 Å². The number of hydrogen-bond donors (Lipinski definition) is 1. The number of H-pyrrole nitrogens is 1. The van der Waals surface area contributed by atoms with Gasteiger partial charge in [-0.3, -0.25) is 0 Å². The Morgan fingerprint density at radius 2 is 1.80 bits per heavy atom. The second-order valence-corrected chi connectivity index (χ2v) is 5.26. The molecule has 0 bridgehead atoms. The van der Waals surface area contributed by atoms with Crippen molar-refractivity contribution in [1.82, 2.24) is 4.98 Å². The summed E-state index contributed by atoms with van der Waals surface area (Å²) in [5.74, 6) is 0. The number of hydrogen-bond acceptors (Lipinski definition) is 1. The lowest BCUT2D eigenvalue weighted by atomic mass is 9.98. The Hall–Kier alpha value is -2.48. The molecule has 0 radical (unpaired) electrons. The van der Waals surface area contributed by atoms with E-state index in [-0.39, 0.29) is 6.04 Å². The van der Waals surface area contributed by atoms with E-state index >= 15 is 0 Å². The average Bonchev–Trinajstić information content (AvgIpc) is 2.92. The molecule has 0 amide bonds. The molecule has 1 aliphatic heterocycles. The predicted molar refractivity (Wildman–Crippen MR) is 84.9 cm³/mol. The molecule has 2 heteroatoms. The van der Waals surface area contributed by atoms with Crippen molar-refractivity contribution in [3.05, 3.63) is 71.9 Å². The van der Waals surface area contributed by atoms with Gasteiger partial charge in [0, 0.05) is 35.4 Å². The maximum absolute atomic E-state index is 3.37. The number of nitrogens with zero attached hydrogens (tertiary/aromatic N) is 1. The topological polar surface area (TPSA) is 19.0 Å². The molecule has 4 rings (SSSR count). The third-order valence-electron chi connectivity index (χ3n) is 4.13. The lowest BCUT2D eigenvalue weighted by Gasteiger charge is -2.32. The van der Waals surface area contributed by atoms with Gasteiger partial charge in [-0.05, 0) is 17.7 Å². The zero-order valence-electron chi connectivity index (χ0n) is 11.4. The number of aromatic nitrogens is 1. The van der Waals surface area contributed by atoms with Crippen LogP contribution >= 0.6 is 0 Å². The summed E-state index contributed by atoms with van der Waals surface area (Å²) in [6, 6.07) is 17.3. The first-order chi connectivity index (χ1) is 9.84. The molecule has 0 fully saturated rings. The van der Waals surface area contributed by atoms with Crippen molar-refractivity contribution in [1.29, 1.82) is 0 Å². The van der Waals surface area contributed by atoms with Crippen LogP contribution < -0.4 is 4.90 Å². The molecule has 1 N–H and O–H groups in total. The van der Waals surface area contributed by atoms with Gasteiger partial charge in [0.05, 0.1) is 6.04 Å². The number of likely N-dealkylation sites (N-methyl/N-ethyl adjacent to an activating group) is 1. The van der Waals surface area contributed by atoms with E-state index in [0.29, 0.717) is 0 Å². The monoisotopic (exact) mass is 260 g/mol. The highest BCUT2D eigenvalue weighted by molar-refractivity contribution is 5.85. The lowest BCUT2D eigenvalue weighted by Crippen LogP contribution is -2.25. The van der Waals surface area contributed by atoms with Gasteiger partial charge >= 0.3 is 0 Å². The quantitative estimate of drug-likeness (QED) is 0.688. The van der Waals surface area contributed by atoms with Crippen molar-refractivity contribution in [3.63, 3.8) is 0 Å². The number of benzene rings is 2. The van der Waals surface area contributed by atoms with Gasteiger partial charge in [0.2, 0.25) is 0 Å². The predicted octanol–water partition coefficient (Wildman–Crippen LogP) is 4.37. The molecule has 1 atom stereocenters. The summed E-state index contributed by atoms with van der Waals surface area (Å²) in [5.41, 5.74) is 5.09. The molecule has 2 nitrogen and oxygen atoms in total. The van der Waals surface area contributed by atoms with E-state index in [9.17, 15) is 0 Å². The Bertz CT molecular complexity index is 798. The molecule has 0 unspecified atom stereocenters. The number of nitrogens with one attached hydrogen (secondary N) is 1. The number of fused-ring (bicyclic) bond motifs is 2. The molecule has 20 heavy (non-hydrogen) atoms. The van der Waals surface area contributed by atoms with Gasteiger partial charge in [-0.2, -0.15) is 0 Å². The Morgan fingerprint density at radius 1 is 1.00 bits per heavy atom. The van der Waals surface area contributed by atoms with Gasteiger partial charge in [-0.25, -0.2) is 0 Å². The summed E-state index contributed by atoms with van der Waals surface area (Å²) < 4.78 is 0. The Balaban J connectivity index is 1.85. The van der Waals surface area contributed by atoms with Crippen LogP contribution in [-0.4, -0.2) is 12.0 Å². The minimum absolute atomic E-state index is 0.279. The molecule has 0 aliphatic carbocycles. The molecule has 2 heterocycles. The first-order valence-corrected chi connectivity index (χ1v) is 6.91. The maximum Gasteiger partial charge on any atom is 0.0747 e. The first-order valence-electron chi connectivity index (χ1n) is 6.91. The molecule has 0 saturated carbocycles. The molecule has 0 saturated heterocycles. The fourth-order valence-electron chi connectivity index (χ4n) is 3.07. The highest BCUT2D eigenvalue weighted by atomic mass is 15.1. The third-order valence-corrected chi connectivity index (χ3v) is 4.13. The Morgan fingerprint density at radius 3 is 2.75 bits per heavy atom. The van der Waals surface area contributed by atoms with Crippen molar-refractivity contribution < 1.29 is 0 Å². The lowest BCUT2D eigenvalue weighted by molar-refractivity contribution is 0.811. The summed E-state index contributed by atoms with van der Waals surface area (Å²) in [4.78, 5) is 5.71. The van der Waals surface area contributed by atoms with E-state index in [1.165, 1.54) is 27.7 Å². The van der Waals surface area contributed by atoms with Crippen molar-refractivity contribution in [2.24, 2.45) is 0 Å². The van der Waals surface area contributed by atoms with Crippen LogP contribution in [0.5, 0.6) is 0 Å². The van der Waals surface area contributed by atoms with Crippen LogP contribution in [0.4, 0.5) is 5.69 Å². The van der Waals surface area contributed by atoms with Gasteiger partial charge < -0.3 is 9.88 Å². The zero-order chi connectivity index (χ0) is 13.5. The van der Waals surface area contributed by atoms with Crippen LogP contribution in [0, 0.1) is 0 Å². The highest BCUT2D eigenvalue weighted by Gasteiger charge is 2.22. The summed E-state index contributed by atoms with van der Waals surface area (Å²) in [6.07, 6.45) is 6.63. The van der Waals surface area contributed by atoms with Crippen LogP contribution in [0.3, 0.4) is 0 Å². The number of anilines is 1. The standard InChI is InChI=1S/C18H16N2/c1-20-17-9-5-2-6-13(17)10-11-18(20)15-12-19-16-8-4-3-7-14(15)16/h2-12,18-19H,1H3/t18-/m1/s1. The fourth-order valence-corrected chi connectivity index (χ4v) is 3.07. The van der Waals surface area contributed by atoms with Gasteiger partial charge in [-0.15, -0.1) is 0 Å². The maximum atomic E-state index is 3.37. The molecule has 1 aromatic heterocycles. The average molecular weight is 260 g/mol. The van der Waals surface area contributed by atoms with E-state index in [1.54, 1.807) is 0 Å². The van der Waals surface area contributed by atoms with Crippen LogP contribution in [0.25, 0.3) is 17.0 Å². The first kappa shape index (κ1) is 11.4. The minimum Gasteiger partial charge on any atom is -0.363 e. The highest BCUT2D eigenvalue weighted by Crippen LogP contribution is 2.37. The summed E-state index contributed by atoms with van der Waals surface area (Å²) in [6.45, 7) is 0. The summed E-state index contributed by atoms with van der Waals surface area (Å²) >= 11 is 0. The van der Waals surface area contributed by atoms with Crippen molar-refractivity contribution in [3.8, 4) is 0 Å². The van der Waals surface area contributed by atoms with Gasteiger partial charge in [0.15, 0.2) is 0 Å². The largest absolute Gasteiger partial charge is 0.363 e. The smallest absolute Gasteiger partial charge is 0.0747 e. The van der Waals surface area contributed by atoms with E-state index < -0.39 is 0 Å². The minimum atomic E-state index is 0.279. The molecule has 98 valence electrons. The molecular formula is C18H16N2. The van der Waals surface area contributed by atoms with Gasteiger partial charge in [0.1, 0.15) is 0 Å². The van der Waals surface area contributed by atoms with Crippen LogP contribution in [0.1, 0.15) is 17.2 Å². The zero-order valence-corrected chi connectivity index (χ0v) is 11.4. The van der Waals surface area contributed by atoms with E-state index in [0.717, 1.165) is 0 Å². The second kappa shape index (κ2) is 4.27. The molecular weight excluding hydrogens is 244 g/mol. The molecule has 2 aromatic carbocycles. The van der Waals surface area contributed by atoms with Crippen molar-refractivity contribution in [2.45, 2.75) is 6.04 Å². The fraction of sp³-hybridized carbons (Fsp3) is 0.111. The second-order valence-electron chi connectivity index (χ2n) is 5.26. The normalized spacial score (nSPS) is 17.4. The summed E-state index contributed by atoms with van der Waals surface area (Å²) in [5, 5.41) is 1.30. The number of para-hydroxylation sites is 2. The van der Waals surface area contributed by atoms with Crippen molar-refractivity contribution in [2.75, 3.05) is 11.9 Å². The van der Waals surface area contributed by atoms with Crippen LogP contribution in [0.15, 0.2) is 60.8 Å². The SMILES string of the molecule is CN1c2ccccc2C=C[C@@H]1c1c[nH]c2ccccc12. The van der Waals surface area contributed by atoms with E-state index in [2.05, 4.69) is 83.8 Å². The van der Waals surface area contributed by atoms with Gasteiger partial charge in [0.25, 0.3) is 0 Å². The summed E-state index contributed by atoms with van der Waals surface area (Å²) in [7, 11) is 2.16. The third kappa shape index (κ3) is 1.58. The van der Waals surface area contributed by atoms with Gasteiger partial charge in [-0.1, -0.05) is 48.6 Å². The Kier molecular flexibility index (Phi) is 2.43. The van der Waals surface area contributed by atoms with Crippen LogP contribution in [0.2, 0.25) is 0 Å². The van der Waals surface area contributed by atoms with Crippen molar-refractivity contribution >= 4 is 22.7 Å². The molecule has 3 aromatic rings. The van der Waals surface area contributed by atoms with Crippen LogP contribution in [-0.2, 0) is 0 Å². The number of rotatable bonds is 1. The molecule has 1 aliphatic rings. The van der Waals surface area contributed by atoms with E-state index in [4.69, 9.17) is 0 Å². The molecule has 0 spiro atoms. The van der Waals surface area contributed by atoms with E-state index in [1.807, 2.05) is 0 Å².